The van der Waals surface area contributed by atoms with Crippen molar-refractivity contribution in [1.29, 1.82) is 0 Å². The summed E-state index contributed by atoms with van der Waals surface area (Å²) in [5, 5.41) is 3.32. The van der Waals surface area contributed by atoms with Crippen molar-refractivity contribution in [3.8, 4) is 0 Å². The van der Waals surface area contributed by atoms with Gasteiger partial charge in [0.15, 0.2) is 0 Å². The summed E-state index contributed by atoms with van der Waals surface area (Å²) >= 11 is 5.97. The van der Waals surface area contributed by atoms with E-state index in [1.165, 1.54) is 4.90 Å². The molecule has 0 aliphatic heterocycles. The lowest BCUT2D eigenvalue weighted by molar-refractivity contribution is -0.140. The Morgan fingerprint density at radius 2 is 1.62 bits per heavy atom. The first-order valence-electron chi connectivity index (χ1n) is 10.4. The maximum Gasteiger partial charge on any atom is 0.244 e. The average molecular weight is 480 g/mol. The number of hydrogen-bond donors (Lipinski definition) is 1. The molecule has 7 nitrogen and oxygen atoms in total. The summed E-state index contributed by atoms with van der Waals surface area (Å²) in [6.45, 7) is 5.68. The Morgan fingerprint density at radius 1 is 1.03 bits per heavy atom. The fourth-order valence-electron chi connectivity index (χ4n) is 3.32. The maximum absolute atomic E-state index is 13.4. The molecule has 32 heavy (non-hydrogen) atoms. The Balaban J connectivity index is 2.40. The van der Waals surface area contributed by atoms with Crippen LogP contribution in [0.2, 0.25) is 5.02 Å². The molecule has 0 saturated carbocycles. The van der Waals surface area contributed by atoms with E-state index in [0.717, 1.165) is 21.7 Å². The predicted molar refractivity (Wildman–Crippen MR) is 128 cm³/mol. The van der Waals surface area contributed by atoms with Gasteiger partial charge in [0.1, 0.15) is 12.6 Å². The number of hydrogen-bond acceptors (Lipinski definition) is 4. The molecule has 0 saturated heterocycles. The lowest BCUT2D eigenvalue weighted by atomic mass is 10.1. The number of sulfonamides is 1. The highest BCUT2D eigenvalue weighted by Gasteiger charge is 2.31. The van der Waals surface area contributed by atoms with Crippen LogP contribution in [0.1, 0.15) is 31.4 Å². The van der Waals surface area contributed by atoms with E-state index < -0.39 is 28.5 Å². The Bertz CT molecular complexity index is 1020. The Hall–Kier alpha value is -2.58. The molecule has 2 rings (SSSR count). The highest BCUT2D eigenvalue weighted by atomic mass is 35.5. The van der Waals surface area contributed by atoms with Gasteiger partial charge >= 0.3 is 0 Å². The molecule has 9 heteroatoms. The number of halogens is 1. The molecule has 174 valence electrons. The third kappa shape index (κ3) is 6.97. The summed E-state index contributed by atoms with van der Waals surface area (Å²) in [4.78, 5) is 27.6. The van der Waals surface area contributed by atoms with Gasteiger partial charge in [0.05, 0.1) is 11.9 Å². The minimum absolute atomic E-state index is 0.150. The summed E-state index contributed by atoms with van der Waals surface area (Å²) < 4.78 is 26.1. The summed E-state index contributed by atoms with van der Waals surface area (Å²) in [6.07, 6.45) is 1.44. The zero-order chi connectivity index (χ0) is 23.9. The van der Waals surface area contributed by atoms with Gasteiger partial charge in [0.25, 0.3) is 0 Å². The van der Waals surface area contributed by atoms with E-state index in [1.807, 2.05) is 13.8 Å². The monoisotopic (exact) mass is 479 g/mol. The molecule has 1 unspecified atom stereocenters. The van der Waals surface area contributed by atoms with Crippen molar-refractivity contribution < 1.29 is 18.0 Å². The molecule has 0 bridgehead atoms. The van der Waals surface area contributed by atoms with Crippen molar-refractivity contribution in [1.82, 2.24) is 10.2 Å². The molecule has 1 N–H and O–H groups in total. The van der Waals surface area contributed by atoms with Crippen LogP contribution in [0, 0.1) is 6.92 Å². The number of nitrogens with one attached hydrogen (secondary N) is 1. The van der Waals surface area contributed by atoms with E-state index in [0.29, 0.717) is 23.7 Å². The van der Waals surface area contributed by atoms with Crippen LogP contribution in [0.25, 0.3) is 0 Å². The lowest BCUT2D eigenvalue weighted by Gasteiger charge is -2.32. The van der Waals surface area contributed by atoms with Crippen molar-refractivity contribution in [3.63, 3.8) is 0 Å². The van der Waals surface area contributed by atoms with Gasteiger partial charge in [-0.1, -0.05) is 48.4 Å². The SMILES string of the molecule is CCNC(=O)C(CC)N(Cc1ccc(Cl)cc1)C(=O)CN(c1ccc(C)cc1)S(C)(=O)=O. The van der Waals surface area contributed by atoms with Gasteiger partial charge in [0.2, 0.25) is 21.8 Å². The van der Waals surface area contributed by atoms with E-state index in [2.05, 4.69) is 5.32 Å². The van der Waals surface area contributed by atoms with Gasteiger partial charge in [-0.25, -0.2) is 8.42 Å². The standard InChI is InChI=1S/C23H30ClN3O4S/c1-5-21(23(29)25-6-2)26(15-18-9-11-19(24)12-10-18)22(28)16-27(32(4,30)31)20-13-7-17(3)8-14-20/h7-14,21H,5-6,15-16H2,1-4H3,(H,25,29). The summed E-state index contributed by atoms with van der Waals surface area (Å²) in [5.41, 5.74) is 2.15. The average Bonchev–Trinajstić information content (AvgIpc) is 2.73. The highest BCUT2D eigenvalue weighted by Crippen LogP contribution is 2.20. The molecule has 0 aliphatic carbocycles. The molecule has 0 aromatic heterocycles. The second-order valence-corrected chi connectivity index (χ2v) is 9.92. The lowest BCUT2D eigenvalue weighted by Crippen LogP contribution is -2.52. The molecule has 0 radical (unpaired) electrons. The van der Waals surface area contributed by atoms with E-state index in [-0.39, 0.29) is 12.5 Å². The zero-order valence-electron chi connectivity index (χ0n) is 18.8. The molecule has 0 spiro atoms. The van der Waals surface area contributed by atoms with Crippen LogP contribution in [0.5, 0.6) is 0 Å². The summed E-state index contributed by atoms with van der Waals surface area (Å²) in [7, 11) is -3.73. The number of likely N-dealkylation sites (N-methyl/N-ethyl adjacent to an activating group) is 1. The number of rotatable bonds is 10. The third-order valence-electron chi connectivity index (χ3n) is 5.00. The van der Waals surface area contributed by atoms with Gasteiger partial charge in [-0.15, -0.1) is 0 Å². The van der Waals surface area contributed by atoms with Crippen molar-refractivity contribution in [2.24, 2.45) is 0 Å². The van der Waals surface area contributed by atoms with Crippen LogP contribution < -0.4 is 9.62 Å². The summed E-state index contributed by atoms with van der Waals surface area (Å²) in [5.74, 6) is -0.748. The number of amides is 2. The van der Waals surface area contributed by atoms with Crippen LogP contribution in [-0.2, 0) is 26.2 Å². The molecular formula is C23H30ClN3O4S. The number of aryl methyl sites for hydroxylation is 1. The zero-order valence-corrected chi connectivity index (χ0v) is 20.4. The Labute approximate surface area is 195 Å². The largest absolute Gasteiger partial charge is 0.355 e. The number of nitrogens with zero attached hydrogens (tertiary/aromatic N) is 2. The minimum Gasteiger partial charge on any atom is -0.355 e. The normalized spacial score (nSPS) is 12.2. The summed E-state index contributed by atoms with van der Waals surface area (Å²) in [6, 6.07) is 13.1. The molecular weight excluding hydrogens is 450 g/mol. The van der Waals surface area contributed by atoms with Crippen LogP contribution >= 0.6 is 11.6 Å². The topological polar surface area (TPSA) is 86.8 Å². The number of carbonyl (C=O) groups excluding carboxylic acids is 2. The molecule has 2 amide bonds. The molecule has 0 aliphatic rings. The smallest absolute Gasteiger partial charge is 0.244 e. The quantitative estimate of drug-likeness (QED) is 0.566. The van der Waals surface area contributed by atoms with E-state index in [9.17, 15) is 18.0 Å². The fourth-order valence-corrected chi connectivity index (χ4v) is 4.30. The predicted octanol–water partition coefficient (Wildman–Crippen LogP) is 3.36. The van der Waals surface area contributed by atoms with Crippen LogP contribution in [0.3, 0.4) is 0 Å². The Kier molecular flexibility index (Phi) is 9.09. The maximum atomic E-state index is 13.4. The van der Waals surface area contributed by atoms with Gasteiger partial charge < -0.3 is 10.2 Å². The third-order valence-corrected chi connectivity index (χ3v) is 6.40. The molecule has 2 aromatic rings. The van der Waals surface area contributed by atoms with Crippen molar-refractivity contribution in [3.05, 3.63) is 64.7 Å². The van der Waals surface area contributed by atoms with Gasteiger partial charge in [-0.2, -0.15) is 0 Å². The van der Waals surface area contributed by atoms with Gasteiger partial charge in [-0.3, -0.25) is 13.9 Å². The highest BCUT2D eigenvalue weighted by molar-refractivity contribution is 7.92. The first kappa shape index (κ1) is 25.7. The second-order valence-electron chi connectivity index (χ2n) is 7.57. The first-order valence-corrected chi connectivity index (χ1v) is 12.7. The van der Waals surface area contributed by atoms with Crippen molar-refractivity contribution in [2.45, 2.75) is 39.8 Å². The van der Waals surface area contributed by atoms with E-state index in [1.54, 1.807) is 55.5 Å². The number of benzene rings is 2. The van der Waals surface area contributed by atoms with E-state index in [4.69, 9.17) is 11.6 Å². The molecule has 1 atom stereocenters. The van der Waals surface area contributed by atoms with Crippen LogP contribution in [0.4, 0.5) is 5.69 Å². The van der Waals surface area contributed by atoms with Gasteiger partial charge in [-0.05, 0) is 50.1 Å². The number of carbonyl (C=O) groups is 2. The molecule has 0 heterocycles. The minimum atomic E-state index is -3.73. The molecule has 2 aromatic carbocycles. The van der Waals surface area contributed by atoms with Crippen LogP contribution in [0.15, 0.2) is 48.5 Å². The number of anilines is 1. The van der Waals surface area contributed by atoms with Crippen molar-refractivity contribution in [2.75, 3.05) is 23.7 Å². The first-order chi connectivity index (χ1) is 15.1. The van der Waals surface area contributed by atoms with Crippen LogP contribution in [-0.4, -0.2) is 50.5 Å². The van der Waals surface area contributed by atoms with Crippen molar-refractivity contribution >= 4 is 39.1 Å². The van der Waals surface area contributed by atoms with Gasteiger partial charge in [0, 0.05) is 18.1 Å². The fraction of sp³-hybridized carbons (Fsp3) is 0.391. The Morgan fingerprint density at radius 3 is 2.12 bits per heavy atom. The second kappa shape index (κ2) is 11.3. The van der Waals surface area contributed by atoms with E-state index >= 15 is 0 Å². The molecule has 0 fully saturated rings.